The number of nitrogens with two attached hydrogens (primary N) is 1. The molecule has 182 valence electrons. The van der Waals surface area contributed by atoms with Crippen LogP contribution in [0.3, 0.4) is 0 Å². The highest BCUT2D eigenvalue weighted by Gasteiger charge is 2.34. The number of H-pyrrole nitrogens is 1. The molecule has 7 heteroatoms. The highest BCUT2D eigenvalue weighted by Crippen LogP contribution is 2.34. The Morgan fingerprint density at radius 1 is 1.21 bits per heavy atom. The third-order valence-corrected chi connectivity index (χ3v) is 6.86. The second-order valence-corrected chi connectivity index (χ2v) is 9.83. The second kappa shape index (κ2) is 10.2. The maximum atomic E-state index is 12.8. The quantitative estimate of drug-likeness (QED) is 0.410. The van der Waals surface area contributed by atoms with Crippen LogP contribution in [0.5, 0.6) is 5.75 Å². The molecule has 1 aliphatic rings. The Morgan fingerprint density at radius 3 is 2.59 bits per heavy atom. The first kappa shape index (κ1) is 24.3. The minimum atomic E-state index is -1.03. The second-order valence-electron chi connectivity index (χ2n) is 9.83. The molecule has 1 saturated heterocycles. The summed E-state index contributed by atoms with van der Waals surface area (Å²) < 4.78 is 5.56. The molecule has 34 heavy (non-hydrogen) atoms. The predicted molar refractivity (Wildman–Crippen MR) is 135 cm³/mol. The van der Waals surface area contributed by atoms with E-state index in [1.165, 1.54) is 5.56 Å². The molecule has 0 bridgehead atoms. The Labute approximate surface area is 201 Å². The summed E-state index contributed by atoms with van der Waals surface area (Å²) >= 11 is 0. The lowest BCUT2D eigenvalue weighted by molar-refractivity contribution is -0.128. The van der Waals surface area contributed by atoms with E-state index in [0.717, 1.165) is 48.1 Å². The monoisotopic (exact) mass is 464 g/mol. The number of para-hydroxylation sites is 2. The van der Waals surface area contributed by atoms with Crippen molar-refractivity contribution in [2.75, 3.05) is 20.2 Å². The SMILES string of the molecule is COc1ccccc1C1CCN([C@H](O)[C@@H](Cc2c[nH]c3ccccc23)NC(=O)C(C)(C)N)CC1. The van der Waals surface area contributed by atoms with Gasteiger partial charge in [0.1, 0.15) is 12.0 Å². The van der Waals surface area contributed by atoms with Crippen LogP contribution in [0.25, 0.3) is 10.9 Å². The van der Waals surface area contributed by atoms with Crippen molar-refractivity contribution in [3.8, 4) is 5.75 Å². The molecule has 2 atom stereocenters. The van der Waals surface area contributed by atoms with Gasteiger partial charge in [0.2, 0.25) is 5.91 Å². The van der Waals surface area contributed by atoms with Crippen molar-refractivity contribution in [1.29, 1.82) is 0 Å². The number of aliphatic hydroxyl groups is 1. The van der Waals surface area contributed by atoms with Gasteiger partial charge in [-0.25, -0.2) is 0 Å². The number of aromatic amines is 1. The van der Waals surface area contributed by atoms with E-state index in [4.69, 9.17) is 10.5 Å². The first-order valence-electron chi connectivity index (χ1n) is 12.0. The number of fused-ring (bicyclic) bond motifs is 1. The fraction of sp³-hybridized carbons (Fsp3) is 0.444. The van der Waals surface area contributed by atoms with Crippen molar-refractivity contribution < 1.29 is 14.6 Å². The number of carbonyl (C=O) groups is 1. The van der Waals surface area contributed by atoms with E-state index >= 15 is 0 Å². The Morgan fingerprint density at radius 2 is 1.88 bits per heavy atom. The van der Waals surface area contributed by atoms with E-state index in [0.29, 0.717) is 12.3 Å². The smallest absolute Gasteiger partial charge is 0.239 e. The van der Waals surface area contributed by atoms with Crippen LogP contribution in [0.2, 0.25) is 0 Å². The summed E-state index contributed by atoms with van der Waals surface area (Å²) in [6.45, 7) is 4.82. The minimum absolute atomic E-state index is 0.278. The number of methoxy groups -OCH3 is 1. The van der Waals surface area contributed by atoms with Gasteiger partial charge >= 0.3 is 0 Å². The predicted octanol–water partition coefficient (Wildman–Crippen LogP) is 3.14. The summed E-state index contributed by atoms with van der Waals surface area (Å²) in [7, 11) is 1.70. The number of aliphatic hydroxyl groups excluding tert-OH is 1. The van der Waals surface area contributed by atoms with Crippen LogP contribution in [0.1, 0.15) is 43.7 Å². The molecule has 1 amide bonds. The summed E-state index contributed by atoms with van der Waals surface area (Å²) in [5, 5.41) is 15.5. The zero-order valence-electron chi connectivity index (χ0n) is 20.3. The third-order valence-electron chi connectivity index (χ3n) is 6.86. The molecule has 3 aromatic rings. The first-order valence-corrected chi connectivity index (χ1v) is 12.0. The Balaban J connectivity index is 1.50. The fourth-order valence-electron chi connectivity index (χ4n) is 4.86. The molecular weight excluding hydrogens is 428 g/mol. The lowest BCUT2D eigenvalue weighted by Crippen LogP contribution is -2.59. The van der Waals surface area contributed by atoms with E-state index < -0.39 is 17.8 Å². The fourth-order valence-corrected chi connectivity index (χ4v) is 4.86. The first-order chi connectivity index (χ1) is 16.3. The number of aromatic nitrogens is 1. The third kappa shape index (κ3) is 5.27. The number of nitrogens with one attached hydrogen (secondary N) is 2. The number of hydrogen-bond donors (Lipinski definition) is 4. The molecule has 1 fully saturated rings. The average Bonchev–Trinajstić information content (AvgIpc) is 3.25. The lowest BCUT2D eigenvalue weighted by atomic mass is 9.88. The van der Waals surface area contributed by atoms with Crippen molar-refractivity contribution in [2.24, 2.45) is 5.73 Å². The summed E-state index contributed by atoms with van der Waals surface area (Å²) in [4.78, 5) is 18.1. The van der Waals surface area contributed by atoms with Crippen molar-refractivity contribution in [2.45, 2.75) is 56.8 Å². The van der Waals surface area contributed by atoms with Crippen LogP contribution < -0.4 is 15.8 Å². The normalized spacial score (nSPS) is 17.4. The molecule has 1 aliphatic heterocycles. The van der Waals surface area contributed by atoms with Gasteiger partial charge in [0, 0.05) is 30.2 Å². The number of amides is 1. The van der Waals surface area contributed by atoms with Crippen LogP contribution in [-0.2, 0) is 11.2 Å². The maximum Gasteiger partial charge on any atom is 0.239 e. The Hall–Kier alpha value is -2.87. The van der Waals surface area contributed by atoms with Crippen LogP contribution in [0.15, 0.2) is 54.7 Å². The van der Waals surface area contributed by atoms with Gasteiger partial charge in [0.15, 0.2) is 0 Å². The summed E-state index contributed by atoms with van der Waals surface area (Å²) in [5.41, 5.74) is 8.33. The van der Waals surface area contributed by atoms with E-state index in [-0.39, 0.29) is 5.91 Å². The average molecular weight is 465 g/mol. The van der Waals surface area contributed by atoms with E-state index in [1.54, 1.807) is 21.0 Å². The molecule has 2 aromatic carbocycles. The number of likely N-dealkylation sites (tertiary alicyclic amines) is 1. The van der Waals surface area contributed by atoms with Crippen LogP contribution in [0, 0.1) is 0 Å². The highest BCUT2D eigenvalue weighted by molar-refractivity contribution is 5.86. The van der Waals surface area contributed by atoms with Gasteiger partial charge in [-0.05, 0) is 62.3 Å². The topological polar surface area (TPSA) is 104 Å². The number of hydrogen-bond acceptors (Lipinski definition) is 5. The molecule has 0 spiro atoms. The van der Waals surface area contributed by atoms with E-state index in [2.05, 4.69) is 27.3 Å². The molecule has 0 saturated carbocycles. The number of benzene rings is 2. The number of piperidine rings is 1. The molecule has 0 unspecified atom stereocenters. The molecule has 1 aromatic heterocycles. The molecule has 2 heterocycles. The number of rotatable bonds is 8. The number of carbonyl (C=O) groups excluding carboxylic acids is 1. The largest absolute Gasteiger partial charge is 0.496 e. The van der Waals surface area contributed by atoms with Gasteiger partial charge in [0.05, 0.1) is 18.7 Å². The van der Waals surface area contributed by atoms with Gasteiger partial charge < -0.3 is 25.9 Å². The molecule has 5 N–H and O–H groups in total. The Kier molecular flexibility index (Phi) is 7.26. The van der Waals surface area contributed by atoms with Gasteiger partial charge in [0.25, 0.3) is 0 Å². The standard InChI is InChI=1S/C27H36N4O3/c1-27(2,28)26(33)30-23(16-19-17-29-22-10-6-4-8-20(19)22)25(32)31-14-12-18(13-15-31)21-9-5-7-11-24(21)34-3/h4-11,17-18,23,25,29,32H,12-16,28H2,1-3H3,(H,30,33)/t23-,25-/m1/s1. The van der Waals surface area contributed by atoms with Gasteiger partial charge in [-0.2, -0.15) is 0 Å². The molecule has 7 nitrogen and oxygen atoms in total. The van der Waals surface area contributed by atoms with Crippen molar-refractivity contribution in [3.05, 3.63) is 65.9 Å². The minimum Gasteiger partial charge on any atom is -0.496 e. The highest BCUT2D eigenvalue weighted by atomic mass is 16.5. The van der Waals surface area contributed by atoms with Crippen molar-refractivity contribution >= 4 is 16.8 Å². The molecule has 4 rings (SSSR count). The zero-order chi connectivity index (χ0) is 24.3. The summed E-state index contributed by atoms with van der Waals surface area (Å²) in [5.74, 6) is 1.01. The van der Waals surface area contributed by atoms with Crippen molar-refractivity contribution in [3.63, 3.8) is 0 Å². The van der Waals surface area contributed by atoms with Crippen LogP contribution in [0.4, 0.5) is 0 Å². The zero-order valence-corrected chi connectivity index (χ0v) is 20.3. The van der Waals surface area contributed by atoms with Crippen molar-refractivity contribution in [1.82, 2.24) is 15.2 Å². The van der Waals surface area contributed by atoms with Gasteiger partial charge in [-0.1, -0.05) is 36.4 Å². The molecule has 0 aliphatic carbocycles. The molecule has 0 radical (unpaired) electrons. The van der Waals surface area contributed by atoms with E-state index in [9.17, 15) is 9.90 Å². The molecular formula is C27H36N4O3. The summed E-state index contributed by atoms with van der Waals surface area (Å²) in [6.07, 6.45) is 3.46. The van der Waals surface area contributed by atoms with E-state index in [1.807, 2.05) is 42.6 Å². The maximum absolute atomic E-state index is 12.8. The lowest BCUT2D eigenvalue weighted by Gasteiger charge is -2.39. The summed E-state index contributed by atoms with van der Waals surface area (Å²) in [6, 6.07) is 15.7. The van der Waals surface area contributed by atoms with Gasteiger partial charge in [-0.15, -0.1) is 0 Å². The van der Waals surface area contributed by atoms with Crippen LogP contribution in [-0.4, -0.2) is 58.9 Å². The van der Waals surface area contributed by atoms with Gasteiger partial charge in [-0.3, -0.25) is 9.69 Å². The Bertz CT molecular complexity index is 1110. The number of ether oxygens (including phenoxy) is 1. The van der Waals surface area contributed by atoms with Crippen LogP contribution >= 0.6 is 0 Å². The number of nitrogens with zero attached hydrogens (tertiary/aromatic N) is 1.